The van der Waals surface area contributed by atoms with Crippen molar-refractivity contribution in [3.05, 3.63) is 18.2 Å². The minimum Gasteiger partial charge on any atom is -0.454 e. The second-order valence-corrected chi connectivity index (χ2v) is 9.38. The van der Waals surface area contributed by atoms with Crippen LogP contribution in [0.15, 0.2) is 18.2 Å². The first-order valence-corrected chi connectivity index (χ1v) is 12.3. The van der Waals surface area contributed by atoms with Crippen LogP contribution < -0.4 is 20.1 Å². The highest BCUT2D eigenvalue weighted by molar-refractivity contribution is 5.99. The van der Waals surface area contributed by atoms with Crippen LogP contribution in [0.2, 0.25) is 0 Å². The van der Waals surface area contributed by atoms with Crippen molar-refractivity contribution in [2.75, 3.05) is 69.8 Å². The lowest BCUT2D eigenvalue weighted by atomic mass is 10.1. The summed E-state index contributed by atoms with van der Waals surface area (Å²) in [5, 5.41) is 5.33. The Bertz CT molecular complexity index is 1180. The number of nitrogens with zero attached hydrogens (tertiary/aromatic N) is 7. The van der Waals surface area contributed by atoms with E-state index >= 15 is 0 Å². The quantitative estimate of drug-likeness (QED) is 0.607. The van der Waals surface area contributed by atoms with Crippen LogP contribution in [0.3, 0.4) is 0 Å². The summed E-state index contributed by atoms with van der Waals surface area (Å²) in [6.45, 7) is 8.87. The Balaban J connectivity index is 1.23. The maximum absolute atomic E-state index is 6.37. The van der Waals surface area contributed by atoms with Gasteiger partial charge in [-0.3, -0.25) is 9.58 Å². The van der Waals surface area contributed by atoms with Crippen LogP contribution in [0.25, 0.3) is 22.3 Å². The van der Waals surface area contributed by atoms with Gasteiger partial charge in [0.2, 0.25) is 12.7 Å². The van der Waals surface area contributed by atoms with Crippen LogP contribution in [0, 0.1) is 0 Å². The summed E-state index contributed by atoms with van der Waals surface area (Å²) in [6.07, 6.45) is 4.07. The number of likely N-dealkylation sites (tertiary alicyclic amines) is 1. The molecule has 2 N–H and O–H groups in total. The van der Waals surface area contributed by atoms with Crippen LogP contribution >= 0.6 is 0 Å². The Hall–Kier alpha value is -3.11. The van der Waals surface area contributed by atoms with Gasteiger partial charge in [-0.05, 0) is 44.1 Å². The first-order chi connectivity index (χ1) is 16.7. The van der Waals surface area contributed by atoms with E-state index in [9.17, 15) is 0 Å². The zero-order chi connectivity index (χ0) is 23.1. The number of piperidine rings is 1. The number of benzene rings is 1. The molecule has 5 heterocycles. The molecule has 2 saturated heterocycles. The van der Waals surface area contributed by atoms with Crippen molar-refractivity contribution >= 4 is 22.8 Å². The highest BCUT2D eigenvalue weighted by Gasteiger charge is 2.24. The molecule has 0 amide bonds. The van der Waals surface area contributed by atoms with E-state index in [-0.39, 0.29) is 6.79 Å². The molecule has 2 aromatic heterocycles. The van der Waals surface area contributed by atoms with Crippen LogP contribution in [-0.4, -0.2) is 88.7 Å². The number of anilines is 2. The number of nitrogens with two attached hydrogens (primary N) is 1. The average Bonchev–Trinajstić information content (AvgIpc) is 3.46. The van der Waals surface area contributed by atoms with Crippen molar-refractivity contribution in [3.63, 3.8) is 0 Å². The Kier molecular flexibility index (Phi) is 5.62. The normalized spacial score (nSPS) is 19.3. The molecule has 34 heavy (non-hydrogen) atoms. The maximum Gasteiger partial charge on any atom is 0.231 e. The summed E-state index contributed by atoms with van der Waals surface area (Å²) in [5.41, 5.74) is 8.68. The molecule has 10 heteroatoms. The van der Waals surface area contributed by atoms with Gasteiger partial charge in [-0.15, -0.1) is 0 Å². The largest absolute Gasteiger partial charge is 0.454 e. The molecule has 0 atom stereocenters. The fraction of sp³-hybridized carbons (Fsp3) is 0.542. The lowest BCUT2D eigenvalue weighted by molar-refractivity contribution is 0.174. The zero-order valence-corrected chi connectivity index (χ0v) is 19.7. The molecule has 0 aliphatic carbocycles. The number of nitrogen functional groups attached to an aromatic ring is 1. The van der Waals surface area contributed by atoms with Gasteiger partial charge in [0.25, 0.3) is 0 Å². The summed E-state index contributed by atoms with van der Waals surface area (Å²) in [4.78, 5) is 17.2. The van der Waals surface area contributed by atoms with E-state index in [0.717, 1.165) is 60.9 Å². The third-order valence-corrected chi connectivity index (χ3v) is 7.21. The van der Waals surface area contributed by atoms with E-state index in [1.54, 1.807) is 4.68 Å². The predicted molar refractivity (Wildman–Crippen MR) is 131 cm³/mol. The van der Waals surface area contributed by atoms with Crippen LogP contribution in [0.4, 0.5) is 11.8 Å². The molecule has 0 spiro atoms. The van der Waals surface area contributed by atoms with E-state index in [1.807, 2.05) is 25.2 Å². The van der Waals surface area contributed by atoms with E-state index in [0.29, 0.717) is 17.4 Å². The topological polar surface area (TPSA) is 97.8 Å². The van der Waals surface area contributed by atoms with E-state index < -0.39 is 0 Å². The smallest absolute Gasteiger partial charge is 0.231 e. The number of aromatic nitrogens is 4. The molecular weight excluding hydrogens is 432 g/mol. The molecule has 0 radical (unpaired) electrons. The van der Waals surface area contributed by atoms with Gasteiger partial charge in [-0.25, -0.2) is 4.98 Å². The van der Waals surface area contributed by atoms with Gasteiger partial charge in [0.05, 0.1) is 11.1 Å². The molecule has 2 fully saturated rings. The molecule has 0 bridgehead atoms. The maximum atomic E-state index is 6.37. The molecule has 0 unspecified atom stereocenters. The number of piperazine rings is 1. The van der Waals surface area contributed by atoms with Gasteiger partial charge in [0.15, 0.2) is 17.1 Å². The molecule has 0 saturated carbocycles. The van der Waals surface area contributed by atoms with Gasteiger partial charge < -0.3 is 25.0 Å². The number of aryl methyl sites for hydroxylation is 1. The lowest BCUT2D eigenvalue weighted by Gasteiger charge is -2.36. The minimum absolute atomic E-state index is 0.236. The summed E-state index contributed by atoms with van der Waals surface area (Å²) < 4.78 is 12.7. The second-order valence-electron chi connectivity index (χ2n) is 9.38. The van der Waals surface area contributed by atoms with Crippen molar-refractivity contribution in [3.8, 4) is 22.8 Å². The second kappa shape index (κ2) is 8.92. The lowest BCUT2D eigenvalue weighted by Crippen LogP contribution is -2.49. The van der Waals surface area contributed by atoms with Crippen molar-refractivity contribution in [2.45, 2.75) is 19.3 Å². The fourth-order valence-corrected chi connectivity index (χ4v) is 5.13. The Morgan fingerprint density at radius 3 is 2.41 bits per heavy atom. The number of fused-ring (bicyclic) bond motifs is 2. The van der Waals surface area contributed by atoms with E-state index in [2.05, 4.69) is 19.8 Å². The van der Waals surface area contributed by atoms with Crippen LogP contribution in [0.1, 0.15) is 19.3 Å². The molecule has 3 aromatic rings. The van der Waals surface area contributed by atoms with E-state index in [1.165, 1.54) is 38.9 Å². The van der Waals surface area contributed by atoms with Gasteiger partial charge in [-0.2, -0.15) is 10.1 Å². The standard InChI is InChI=1S/C24H32N8O2/c1-29-22(25)20-21(17-5-6-18-19(15-17)34-16-33-18)26-24(27-23(20)28-29)32-13-11-31(12-14-32)10-9-30-7-3-2-4-8-30/h5-6,15H,2-4,7-14,16,25H2,1H3. The first kappa shape index (κ1) is 21.4. The first-order valence-electron chi connectivity index (χ1n) is 12.3. The van der Waals surface area contributed by atoms with E-state index in [4.69, 9.17) is 25.2 Å². The van der Waals surface area contributed by atoms with Gasteiger partial charge in [0.1, 0.15) is 5.82 Å². The fourth-order valence-electron chi connectivity index (χ4n) is 5.13. The minimum atomic E-state index is 0.236. The number of ether oxygens (including phenoxy) is 2. The Morgan fingerprint density at radius 2 is 1.62 bits per heavy atom. The average molecular weight is 465 g/mol. The van der Waals surface area contributed by atoms with Crippen molar-refractivity contribution in [2.24, 2.45) is 7.05 Å². The summed E-state index contributed by atoms with van der Waals surface area (Å²) >= 11 is 0. The summed E-state index contributed by atoms with van der Waals surface area (Å²) in [6, 6.07) is 5.86. The zero-order valence-electron chi connectivity index (χ0n) is 19.7. The van der Waals surface area contributed by atoms with Crippen molar-refractivity contribution in [1.29, 1.82) is 0 Å². The van der Waals surface area contributed by atoms with Crippen molar-refractivity contribution < 1.29 is 9.47 Å². The molecule has 1 aromatic carbocycles. The third kappa shape index (κ3) is 4.01. The van der Waals surface area contributed by atoms with Gasteiger partial charge in [-0.1, -0.05) is 6.42 Å². The summed E-state index contributed by atoms with van der Waals surface area (Å²) in [7, 11) is 1.83. The Morgan fingerprint density at radius 1 is 0.882 bits per heavy atom. The van der Waals surface area contributed by atoms with Crippen LogP contribution in [-0.2, 0) is 7.05 Å². The SMILES string of the molecule is Cn1nc2nc(N3CCN(CCN4CCCCC4)CC3)nc(-c3ccc4c(c3)OCO4)c2c1N. The van der Waals surface area contributed by atoms with Crippen LogP contribution in [0.5, 0.6) is 11.5 Å². The molecule has 10 nitrogen and oxygen atoms in total. The number of hydrogen-bond donors (Lipinski definition) is 1. The molecular formula is C24H32N8O2. The number of hydrogen-bond acceptors (Lipinski definition) is 9. The predicted octanol–water partition coefficient (Wildman–Crippen LogP) is 1.95. The summed E-state index contributed by atoms with van der Waals surface area (Å²) in [5.74, 6) is 2.72. The molecule has 180 valence electrons. The molecule has 3 aliphatic rings. The van der Waals surface area contributed by atoms with Crippen molar-refractivity contribution in [1.82, 2.24) is 29.5 Å². The highest BCUT2D eigenvalue weighted by Crippen LogP contribution is 2.38. The molecule has 6 rings (SSSR count). The van der Waals surface area contributed by atoms with Gasteiger partial charge >= 0.3 is 0 Å². The highest BCUT2D eigenvalue weighted by atomic mass is 16.7. The molecule has 3 aliphatic heterocycles. The monoisotopic (exact) mass is 464 g/mol. The van der Waals surface area contributed by atoms with Gasteiger partial charge in [0, 0.05) is 51.9 Å². The third-order valence-electron chi connectivity index (χ3n) is 7.21. The number of rotatable bonds is 5. The Labute approximate surface area is 199 Å².